The van der Waals surface area contributed by atoms with Gasteiger partial charge in [0, 0.05) is 30.4 Å². The molecule has 0 saturated heterocycles. The van der Waals surface area contributed by atoms with Gasteiger partial charge in [0.1, 0.15) is 5.82 Å². The van der Waals surface area contributed by atoms with Crippen molar-refractivity contribution < 1.29 is 4.39 Å². The number of aromatic amines is 1. The first-order chi connectivity index (χ1) is 18.2. The standard InChI is InChI=1S/C25H18ClFN8O3/c1-33-12-17-8-21(19(26)9-20(17)32-33)30-23-31-24(37)35(13-16-3-2-4-29-22(16)36)25(38)34(23)11-15-5-14(10-28)6-18(27)7-15/h2-9,12H,11,13H2,1H3,(H,29,36)(H,30,31,37). The number of fused-ring (bicyclic) bond motifs is 1. The fourth-order valence-electron chi connectivity index (χ4n) is 4.03. The molecule has 190 valence electrons. The van der Waals surface area contributed by atoms with Crippen LogP contribution in [0.1, 0.15) is 16.7 Å². The Morgan fingerprint density at radius 2 is 1.95 bits per heavy atom. The van der Waals surface area contributed by atoms with E-state index < -0.39 is 22.8 Å². The van der Waals surface area contributed by atoms with Gasteiger partial charge in [0.05, 0.1) is 40.9 Å². The fourth-order valence-corrected chi connectivity index (χ4v) is 4.23. The van der Waals surface area contributed by atoms with E-state index in [2.05, 4.69) is 20.4 Å². The molecule has 0 atom stereocenters. The lowest BCUT2D eigenvalue weighted by Gasteiger charge is -2.16. The first kappa shape index (κ1) is 24.7. The van der Waals surface area contributed by atoms with E-state index in [1.807, 2.05) is 6.07 Å². The van der Waals surface area contributed by atoms with E-state index >= 15 is 0 Å². The average molecular weight is 533 g/mol. The molecule has 38 heavy (non-hydrogen) atoms. The number of aryl methyl sites for hydroxylation is 1. The molecule has 13 heteroatoms. The third-order valence-electron chi connectivity index (χ3n) is 5.76. The molecule has 2 N–H and O–H groups in total. The molecule has 0 unspecified atom stereocenters. The second kappa shape index (κ2) is 9.79. The number of hydrogen-bond acceptors (Lipinski definition) is 7. The summed E-state index contributed by atoms with van der Waals surface area (Å²) < 4.78 is 17.7. The van der Waals surface area contributed by atoms with Crippen LogP contribution in [0.5, 0.6) is 0 Å². The second-order valence-corrected chi connectivity index (χ2v) is 8.88. The molecule has 0 radical (unpaired) electrons. The lowest BCUT2D eigenvalue weighted by molar-refractivity contribution is 0.582. The van der Waals surface area contributed by atoms with Gasteiger partial charge in [-0.1, -0.05) is 17.7 Å². The Bertz CT molecular complexity index is 1930. The Hall–Kier alpha value is -5.02. The summed E-state index contributed by atoms with van der Waals surface area (Å²) in [4.78, 5) is 45.3. The van der Waals surface area contributed by atoms with Crippen molar-refractivity contribution in [3.63, 3.8) is 0 Å². The zero-order valence-corrected chi connectivity index (χ0v) is 20.5. The van der Waals surface area contributed by atoms with Crippen LogP contribution in [0, 0.1) is 17.1 Å². The SMILES string of the molecule is Cn1cc2cc(Nc3nc(=O)n(Cc4ccc[nH]c4=O)c(=O)n3Cc3cc(F)cc(C#N)c3)c(Cl)cc2n1. The van der Waals surface area contributed by atoms with Crippen molar-refractivity contribution in [3.05, 3.63) is 114 Å². The van der Waals surface area contributed by atoms with Crippen molar-refractivity contribution in [2.45, 2.75) is 13.1 Å². The molecule has 3 heterocycles. The van der Waals surface area contributed by atoms with Gasteiger partial charge in [0.15, 0.2) is 0 Å². The first-order valence-electron chi connectivity index (χ1n) is 11.2. The number of H-pyrrole nitrogens is 1. The van der Waals surface area contributed by atoms with Crippen molar-refractivity contribution in [2.24, 2.45) is 7.05 Å². The van der Waals surface area contributed by atoms with Crippen LogP contribution in [0.15, 0.2) is 69.2 Å². The molecule has 11 nitrogen and oxygen atoms in total. The van der Waals surface area contributed by atoms with E-state index in [9.17, 15) is 24.0 Å². The lowest BCUT2D eigenvalue weighted by Crippen LogP contribution is -2.43. The first-order valence-corrected chi connectivity index (χ1v) is 11.6. The summed E-state index contributed by atoms with van der Waals surface area (Å²) in [6, 6.07) is 11.9. The van der Waals surface area contributed by atoms with E-state index in [0.717, 1.165) is 20.6 Å². The number of nitrogens with one attached hydrogen (secondary N) is 2. The molecule has 0 aliphatic carbocycles. The van der Waals surface area contributed by atoms with E-state index in [1.165, 1.54) is 24.4 Å². The minimum absolute atomic E-state index is 0.0599. The van der Waals surface area contributed by atoms with Crippen LogP contribution in [0.4, 0.5) is 16.0 Å². The number of anilines is 2. The minimum Gasteiger partial charge on any atom is -0.329 e. The number of halogens is 2. The highest BCUT2D eigenvalue weighted by atomic mass is 35.5. The van der Waals surface area contributed by atoms with Crippen LogP contribution in [0.3, 0.4) is 0 Å². The highest BCUT2D eigenvalue weighted by Gasteiger charge is 2.17. The Balaban J connectivity index is 1.66. The quantitative estimate of drug-likeness (QED) is 0.342. The number of benzene rings is 2. The van der Waals surface area contributed by atoms with E-state index in [-0.39, 0.29) is 40.8 Å². The average Bonchev–Trinajstić information content (AvgIpc) is 3.23. The third-order valence-corrected chi connectivity index (χ3v) is 6.07. The van der Waals surface area contributed by atoms with Crippen molar-refractivity contribution >= 4 is 34.1 Å². The molecule has 0 spiro atoms. The minimum atomic E-state index is -0.910. The highest BCUT2D eigenvalue weighted by molar-refractivity contribution is 6.34. The third kappa shape index (κ3) is 4.82. The molecule has 0 aliphatic rings. The summed E-state index contributed by atoms with van der Waals surface area (Å²) in [5, 5.41) is 17.5. The molecule has 0 saturated carbocycles. The number of rotatable bonds is 6. The zero-order valence-electron chi connectivity index (χ0n) is 19.8. The summed E-state index contributed by atoms with van der Waals surface area (Å²) >= 11 is 6.44. The molecule has 2 aromatic carbocycles. The van der Waals surface area contributed by atoms with Crippen molar-refractivity contribution in [2.75, 3.05) is 5.32 Å². The van der Waals surface area contributed by atoms with Crippen LogP contribution in [0.25, 0.3) is 10.9 Å². The van der Waals surface area contributed by atoms with Crippen LogP contribution < -0.4 is 22.3 Å². The Labute approximate surface area is 218 Å². The maximum atomic E-state index is 14.2. The van der Waals surface area contributed by atoms with Gasteiger partial charge in [-0.3, -0.25) is 14.0 Å². The summed E-state index contributed by atoms with van der Waals surface area (Å²) in [5.41, 5.74) is -0.683. The summed E-state index contributed by atoms with van der Waals surface area (Å²) in [5.74, 6) is -0.824. The van der Waals surface area contributed by atoms with E-state index in [4.69, 9.17) is 11.6 Å². The van der Waals surface area contributed by atoms with Gasteiger partial charge in [0.2, 0.25) is 5.95 Å². The van der Waals surface area contributed by atoms with Gasteiger partial charge >= 0.3 is 11.4 Å². The van der Waals surface area contributed by atoms with Gasteiger partial charge in [0.25, 0.3) is 5.56 Å². The maximum absolute atomic E-state index is 14.2. The number of nitrogens with zero attached hydrogens (tertiary/aromatic N) is 6. The van der Waals surface area contributed by atoms with Crippen LogP contribution in [-0.2, 0) is 20.1 Å². The van der Waals surface area contributed by atoms with Gasteiger partial charge in [-0.2, -0.15) is 15.3 Å². The Morgan fingerprint density at radius 3 is 2.71 bits per heavy atom. The summed E-state index contributed by atoms with van der Waals surface area (Å²) in [6.07, 6.45) is 3.20. The van der Waals surface area contributed by atoms with Crippen molar-refractivity contribution in [1.29, 1.82) is 5.26 Å². The van der Waals surface area contributed by atoms with Crippen LogP contribution >= 0.6 is 11.6 Å². The molecule has 5 rings (SSSR count). The summed E-state index contributed by atoms with van der Waals surface area (Å²) in [6.45, 7) is -0.574. The van der Waals surface area contributed by atoms with E-state index in [1.54, 1.807) is 36.1 Å². The normalized spacial score (nSPS) is 11.0. The number of nitriles is 1. The van der Waals surface area contributed by atoms with Gasteiger partial charge in [-0.15, -0.1) is 0 Å². The molecular formula is C25H18ClFN8O3. The van der Waals surface area contributed by atoms with E-state index in [0.29, 0.717) is 11.2 Å². The molecule has 0 amide bonds. The predicted octanol–water partition coefficient (Wildman–Crippen LogP) is 2.48. The molecular weight excluding hydrogens is 515 g/mol. The van der Waals surface area contributed by atoms with Gasteiger partial charge < -0.3 is 10.3 Å². The van der Waals surface area contributed by atoms with Crippen molar-refractivity contribution in [1.82, 2.24) is 28.9 Å². The fraction of sp³-hybridized carbons (Fsp3) is 0.120. The topological polar surface area (TPSA) is 143 Å². The number of hydrogen-bond donors (Lipinski definition) is 2. The van der Waals surface area contributed by atoms with Gasteiger partial charge in [-0.25, -0.2) is 18.5 Å². The monoisotopic (exact) mass is 532 g/mol. The van der Waals surface area contributed by atoms with Crippen molar-refractivity contribution in [3.8, 4) is 6.07 Å². The molecule has 0 aliphatic heterocycles. The van der Waals surface area contributed by atoms with Gasteiger partial charge in [-0.05, 0) is 42.0 Å². The number of aromatic nitrogens is 6. The molecule has 3 aromatic heterocycles. The van der Waals surface area contributed by atoms with Crippen LogP contribution in [-0.4, -0.2) is 28.9 Å². The number of pyridine rings is 1. The van der Waals surface area contributed by atoms with Crippen LogP contribution in [0.2, 0.25) is 5.02 Å². The highest BCUT2D eigenvalue weighted by Crippen LogP contribution is 2.29. The largest absolute Gasteiger partial charge is 0.355 e. The lowest BCUT2D eigenvalue weighted by atomic mass is 10.1. The zero-order chi connectivity index (χ0) is 27.0. The smallest absolute Gasteiger partial charge is 0.329 e. The Morgan fingerprint density at radius 1 is 1.13 bits per heavy atom. The molecule has 5 aromatic rings. The second-order valence-electron chi connectivity index (χ2n) is 8.48. The Kier molecular flexibility index (Phi) is 6.36. The predicted molar refractivity (Wildman–Crippen MR) is 138 cm³/mol. The molecule has 0 fully saturated rings. The maximum Gasteiger partial charge on any atom is 0.355 e. The molecule has 0 bridgehead atoms. The summed E-state index contributed by atoms with van der Waals surface area (Å²) in [7, 11) is 1.76.